The first-order chi connectivity index (χ1) is 14.9. The molecule has 3 aromatic heterocycles. The Morgan fingerprint density at radius 3 is 2.52 bits per heavy atom. The van der Waals surface area contributed by atoms with Crippen molar-refractivity contribution in [2.75, 3.05) is 5.73 Å². The Morgan fingerprint density at radius 2 is 1.81 bits per heavy atom. The summed E-state index contributed by atoms with van der Waals surface area (Å²) in [5.41, 5.74) is 7.90. The fourth-order valence-corrected chi connectivity index (χ4v) is 5.60. The summed E-state index contributed by atoms with van der Waals surface area (Å²) in [5.74, 6) is -0.0712. The lowest BCUT2D eigenvalue weighted by atomic mass is 10.3. The number of para-hydroxylation sites is 2. The van der Waals surface area contributed by atoms with Gasteiger partial charge in [0.25, 0.3) is 0 Å². The maximum Gasteiger partial charge on any atom is 0.212 e. The zero-order chi connectivity index (χ0) is 21.6. The van der Waals surface area contributed by atoms with Gasteiger partial charge in [0, 0.05) is 9.90 Å². The molecule has 0 atom stereocenters. The maximum atomic E-state index is 13.5. The van der Waals surface area contributed by atoms with E-state index >= 15 is 0 Å². The Morgan fingerprint density at radius 1 is 1.03 bits per heavy atom. The summed E-state index contributed by atoms with van der Waals surface area (Å²) in [5, 5.41) is 6.63. The van der Waals surface area contributed by atoms with Gasteiger partial charge in [0.15, 0.2) is 5.65 Å². The first-order valence-electron chi connectivity index (χ1n) is 9.10. The third-order valence-electron chi connectivity index (χ3n) is 4.65. The molecule has 0 spiro atoms. The van der Waals surface area contributed by atoms with Crippen molar-refractivity contribution in [2.45, 2.75) is 9.79 Å². The second-order valence-corrected chi connectivity index (χ2v) is 9.93. The van der Waals surface area contributed by atoms with Crippen LogP contribution >= 0.6 is 22.9 Å². The SMILES string of the molecule is Nc1c(S(=O)(=O)c2cccc(Cl)c2)c2nc3ccccc3nc2n1/N=C/c1cccs1. The molecule has 0 aliphatic heterocycles. The van der Waals surface area contributed by atoms with Crippen molar-refractivity contribution in [1.82, 2.24) is 14.6 Å². The summed E-state index contributed by atoms with van der Waals surface area (Å²) in [4.78, 5) is 9.93. The fraction of sp³-hybridized carbons (Fsp3) is 0. The van der Waals surface area contributed by atoms with Gasteiger partial charge in [-0.15, -0.1) is 11.3 Å². The Balaban J connectivity index is 1.83. The van der Waals surface area contributed by atoms with Gasteiger partial charge in [0.05, 0.1) is 22.1 Å². The number of halogens is 1. The van der Waals surface area contributed by atoms with Gasteiger partial charge in [-0.1, -0.05) is 35.9 Å². The summed E-state index contributed by atoms with van der Waals surface area (Å²) in [6.45, 7) is 0. The van der Waals surface area contributed by atoms with Crippen LogP contribution in [0, 0.1) is 0 Å². The number of nitrogens with zero attached hydrogens (tertiary/aromatic N) is 4. The van der Waals surface area contributed by atoms with Crippen LogP contribution in [-0.4, -0.2) is 29.3 Å². The first kappa shape index (κ1) is 19.7. The van der Waals surface area contributed by atoms with Crippen LogP contribution in [0.3, 0.4) is 0 Å². The largest absolute Gasteiger partial charge is 0.382 e. The number of nitrogens with two attached hydrogens (primary N) is 1. The van der Waals surface area contributed by atoms with Gasteiger partial charge in [-0.25, -0.2) is 18.4 Å². The molecule has 3 heterocycles. The van der Waals surface area contributed by atoms with Crippen molar-refractivity contribution in [2.24, 2.45) is 5.10 Å². The van der Waals surface area contributed by atoms with E-state index in [1.165, 1.54) is 28.1 Å². The molecular formula is C21H14ClN5O2S2. The highest BCUT2D eigenvalue weighted by Gasteiger charge is 2.30. The van der Waals surface area contributed by atoms with Crippen LogP contribution in [0.5, 0.6) is 0 Å². The van der Waals surface area contributed by atoms with E-state index < -0.39 is 9.84 Å². The van der Waals surface area contributed by atoms with Crippen LogP contribution in [0.15, 0.2) is 80.9 Å². The topological polar surface area (TPSA) is 103 Å². The number of aromatic nitrogens is 3. The van der Waals surface area contributed by atoms with Crippen molar-refractivity contribution in [3.63, 3.8) is 0 Å². The average Bonchev–Trinajstić information content (AvgIpc) is 3.36. The molecule has 2 N–H and O–H groups in total. The highest BCUT2D eigenvalue weighted by Crippen LogP contribution is 2.35. The highest BCUT2D eigenvalue weighted by atomic mass is 35.5. The van der Waals surface area contributed by atoms with Crippen LogP contribution in [0.25, 0.3) is 22.2 Å². The molecule has 0 aliphatic rings. The molecule has 0 unspecified atom stereocenters. The number of thiophene rings is 1. The number of benzene rings is 2. The summed E-state index contributed by atoms with van der Waals surface area (Å²) in [6.07, 6.45) is 1.60. The summed E-state index contributed by atoms with van der Waals surface area (Å²) in [7, 11) is -4.04. The molecule has 10 heteroatoms. The van der Waals surface area contributed by atoms with Crippen LogP contribution in [-0.2, 0) is 9.84 Å². The molecule has 0 radical (unpaired) electrons. The minimum absolute atomic E-state index is 0.0166. The molecule has 0 saturated heterocycles. The third-order valence-corrected chi connectivity index (χ3v) is 7.50. The number of anilines is 1. The van der Waals surface area contributed by atoms with E-state index in [9.17, 15) is 8.42 Å². The zero-order valence-corrected chi connectivity index (χ0v) is 18.2. The van der Waals surface area contributed by atoms with Gasteiger partial charge in [0.2, 0.25) is 9.84 Å². The molecule has 0 fully saturated rings. The lowest BCUT2D eigenvalue weighted by molar-refractivity contribution is 0.597. The minimum Gasteiger partial charge on any atom is -0.382 e. The highest BCUT2D eigenvalue weighted by molar-refractivity contribution is 7.92. The Labute approximate surface area is 186 Å². The molecule has 2 aromatic carbocycles. The number of hydrogen-bond acceptors (Lipinski definition) is 7. The lowest BCUT2D eigenvalue weighted by Gasteiger charge is -2.05. The first-order valence-corrected chi connectivity index (χ1v) is 11.8. The third kappa shape index (κ3) is 3.36. The molecule has 0 aliphatic carbocycles. The van der Waals surface area contributed by atoms with E-state index in [0.29, 0.717) is 16.1 Å². The van der Waals surface area contributed by atoms with Gasteiger partial charge in [-0.05, 0) is 41.8 Å². The molecule has 7 nitrogen and oxygen atoms in total. The molecule has 0 bridgehead atoms. The molecule has 5 rings (SSSR count). The van der Waals surface area contributed by atoms with E-state index in [-0.39, 0.29) is 26.8 Å². The molecular weight excluding hydrogens is 454 g/mol. The van der Waals surface area contributed by atoms with Crippen molar-refractivity contribution >= 4 is 67.0 Å². The maximum absolute atomic E-state index is 13.5. The quantitative estimate of drug-likeness (QED) is 0.389. The van der Waals surface area contributed by atoms with Crippen LogP contribution in [0.2, 0.25) is 5.02 Å². The van der Waals surface area contributed by atoms with E-state index in [1.807, 2.05) is 29.6 Å². The van der Waals surface area contributed by atoms with Gasteiger partial charge < -0.3 is 5.73 Å². The van der Waals surface area contributed by atoms with E-state index in [1.54, 1.807) is 30.5 Å². The summed E-state index contributed by atoms with van der Waals surface area (Å²) < 4.78 is 28.4. The van der Waals surface area contributed by atoms with E-state index in [0.717, 1.165) is 4.88 Å². The molecule has 5 aromatic rings. The zero-order valence-electron chi connectivity index (χ0n) is 15.8. The predicted molar refractivity (Wildman–Crippen MR) is 124 cm³/mol. The van der Waals surface area contributed by atoms with Crippen LogP contribution in [0.1, 0.15) is 4.88 Å². The van der Waals surface area contributed by atoms with Gasteiger partial charge >= 0.3 is 0 Å². The van der Waals surface area contributed by atoms with Gasteiger partial charge in [0.1, 0.15) is 16.2 Å². The van der Waals surface area contributed by atoms with Crippen molar-refractivity contribution in [1.29, 1.82) is 0 Å². The number of nitrogen functional groups attached to an aromatic ring is 1. The van der Waals surface area contributed by atoms with E-state index in [4.69, 9.17) is 17.3 Å². The van der Waals surface area contributed by atoms with Gasteiger partial charge in [-0.2, -0.15) is 9.78 Å². The minimum atomic E-state index is -4.04. The van der Waals surface area contributed by atoms with Gasteiger partial charge in [-0.3, -0.25) is 0 Å². The number of hydrogen-bond donors (Lipinski definition) is 1. The van der Waals surface area contributed by atoms with Crippen molar-refractivity contribution < 1.29 is 8.42 Å². The molecule has 0 amide bonds. The standard InChI is InChI=1S/C21H14ClN5O2S2/c22-13-5-3-7-15(11-13)31(28,29)19-18-21(26-17-9-2-1-8-16(17)25-18)27(20(19)23)24-12-14-6-4-10-30-14/h1-12H,23H2/b24-12+. The predicted octanol–water partition coefficient (Wildman–Crippen LogP) is 4.60. The van der Waals surface area contributed by atoms with Crippen LogP contribution < -0.4 is 5.73 Å². The second-order valence-electron chi connectivity index (χ2n) is 6.63. The number of rotatable bonds is 4. The number of sulfone groups is 1. The average molecular weight is 468 g/mol. The Hall–Kier alpha value is -3.27. The fourth-order valence-electron chi connectivity index (χ4n) is 3.24. The molecule has 0 saturated carbocycles. The molecule has 154 valence electrons. The van der Waals surface area contributed by atoms with E-state index in [2.05, 4.69) is 15.1 Å². The lowest BCUT2D eigenvalue weighted by Crippen LogP contribution is -2.06. The monoisotopic (exact) mass is 467 g/mol. The van der Waals surface area contributed by atoms with Crippen molar-refractivity contribution in [3.8, 4) is 0 Å². The number of fused-ring (bicyclic) bond motifs is 2. The Kier molecular flexibility index (Phi) is 4.73. The Bertz CT molecular complexity index is 1570. The summed E-state index contributed by atoms with van der Waals surface area (Å²) in [6, 6.07) is 17.0. The van der Waals surface area contributed by atoms with Crippen molar-refractivity contribution in [3.05, 3.63) is 75.9 Å². The molecule has 31 heavy (non-hydrogen) atoms. The normalized spacial score (nSPS) is 12.3. The summed E-state index contributed by atoms with van der Waals surface area (Å²) >= 11 is 7.53. The second kappa shape index (κ2) is 7.45. The smallest absolute Gasteiger partial charge is 0.212 e. The van der Waals surface area contributed by atoms with Crippen LogP contribution in [0.4, 0.5) is 5.82 Å².